The molecule has 26 heavy (non-hydrogen) atoms. The number of aromatic nitrogens is 2. The van der Waals surface area contributed by atoms with Crippen LogP contribution in [0.25, 0.3) is 11.3 Å². The van der Waals surface area contributed by atoms with Crippen molar-refractivity contribution in [2.45, 2.75) is 26.0 Å². The Balaban J connectivity index is 1.70. The Kier molecular flexibility index (Phi) is 4.67. The predicted octanol–water partition coefficient (Wildman–Crippen LogP) is 4.41. The molecule has 132 valence electrons. The summed E-state index contributed by atoms with van der Waals surface area (Å²) in [5.41, 5.74) is 5.74. The summed E-state index contributed by atoms with van der Waals surface area (Å²) in [6, 6.07) is 18.7. The van der Waals surface area contributed by atoms with Crippen molar-refractivity contribution in [1.29, 1.82) is 0 Å². The van der Waals surface area contributed by atoms with Crippen LogP contribution in [0.3, 0.4) is 0 Å². The molecule has 0 saturated heterocycles. The van der Waals surface area contributed by atoms with Crippen LogP contribution in [-0.2, 0) is 6.54 Å². The van der Waals surface area contributed by atoms with Crippen LogP contribution in [0.1, 0.15) is 29.2 Å². The van der Waals surface area contributed by atoms with E-state index in [2.05, 4.69) is 59.4 Å². The first-order valence-electron chi connectivity index (χ1n) is 9.02. The van der Waals surface area contributed by atoms with Gasteiger partial charge in [0, 0.05) is 31.3 Å². The van der Waals surface area contributed by atoms with Crippen molar-refractivity contribution >= 4 is 0 Å². The van der Waals surface area contributed by atoms with E-state index in [1.807, 2.05) is 24.3 Å². The fourth-order valence-electron chi connectivity index (χ4n) is 3.50. The van der Waals surface area contributed by atoms with Crippen LogP contribution in [0.15, 0.2) is 60.8 Å². The van der Waals surface area contributed by atoms with Crippen molar-refractivity contribution in [2.24, 2.45) is 0 Å². The fraction of sp³-hybridized carbons (Fsp3) is 0.273. The monoisotopic (exact) mass is 345 g/mol. The van der Waals surface area contributed by atoms with Gasteiger partial charge in [0.25, 0.3) is 0 Å². The molecular weight excluding hydrogens is 322 g/mol. The third-order valence-electron chi connectivity index (χ3n) is 4.93. The molecule has 0 aliphatic carbocycles. The fourth-order valence-corrected chi connectivity index (χ4v) is 3.50. The summed E-state index contributed by atoms with van der Waals surface area (Å²) < 4.78 is 6.43. The summed E-state index contributed by atoms with van der Waals surface area (Å²) >= 11 is 0. The van der Waals surface area contributed by atoms with Crippen molar-refractivity contribution in [3.05, 3.63) is 77.5 Å². The van der Waals surface area contributed by atoms with Gasteiger partial charge in [0.2, 0.25) is 0 Å². The first kappa shape index (κ1) is 16.7. The van der Waals surface area contributed by atoms with Crippen molar-refractivity contribution in [3.8, 4) is 17.0 Å². The molecule has 0 amide bonds. The number of hydrogen-bond acceptors (Lipinski definition) is 4. The normalized spacial score (nSPS) is 17.4. The molecule has 0 N–H and O–H groups in total. The number of para-hydroxylation sites is 1. The number of ether oxygens (including phenoxy) is 1. The molecule has 1 aromatic heterocycles. The van der Waals surface area contributed by atoms with Gasteiger partial charge in [-0.05, 0) is 54.9 Å². The van der Waals surface area contributed by atoms with Gasteiger partial charge in [0.1, 0.15) is 11.9 Å². The Hall–Kier alpha value is -2.72. The second kappa shape index (κ2) is 7.26. The first-order valence-corrected chi connectivity index (χ1v) is 9.02. The molecule has 1 unspecified atom stereocenters. The van der Waals surface area contributed by atoms with E-state index in [1.165, 1.54) is 16.7 Å². The maximum atomic E-state index is 6.43. The van der Waals surface area contributed by atoms with E-state index >= 15 is 0 Å². The molecule has 0 spiro atoms. The molecule has 4 nitrogen and oxygen atoms in total. The van der Waals surface area contributed by atoms with Crippen molar-refractivity contribution < 1.29 is 4.74 Å². The predicted molar refractivity (Wildman–Crippen MR) is 103 cm³/mol. The van der Waals surface area contributed by atoms with Gasteiger partial charge in [-0.25, -0.2) is 0 Å². The van der Waals surface area contributed by atoms with Crippen LogP contribution < -0.4 is 4.74 Å². The summed E-state index contributed by atoms with van der Waals surface area (Å²) in [6.07, 6.45) is 2.74. The van der Waals surface area contributed by atoms with Gasteiger partial charge in [-0.1, -0.05) is 30.3 Å². The lowest BCUT2D eigenvalue weighted by Gasteiger charge is -2.21. The number of hydrogen-bond donors (Lipinski definition) is 0. The minimum Gasteiger partial charge on any atom is -0.485 e. The summed E-state index contributed by atoms with van der Waals surface area (Å²) in [5.74, 6) is 0.964. The summed E-state index contributed by atoms with van der Waals surface area (Å²) in [4.78, 5) is 2.35. The molecule has 1 aliphatic rings. The Labute approximate surface area is 154 Å². The highest BCUT2D eigenvalue weighted by Gasteiger charge is 2.23. The van der Waals surface area contributed by atoms with Gasteiger partial charge < -0.3 is 9.64 Å². The summed E-state index contributed by atoms with van der Waals surface area (Å²) in [5, 5.41) is 8.25. The number of rotatable bonds is 3. The van der Waals surface area contributed by atoms with Gasteiger partial charge in [-0.2, -0.15) is 10.2 Å². The molecule has 2 aromatic carbocycles. The third-order valence-corrected chi connectivity index (χ3v) is 4.93. The Morgan fingerprint density at radius 1 is 1.08 bits per heavy atom. The van der Waals surface area contributed by atoms with Crippen molar-refractivity contribution in [2.75, 3.05) is 13.6 Å². The lowest BCUT2D eigenvalue weighted by atomic mass is 9.97. The molecule has 0 fully saturated rings. The summed E-state index contributed by atoms with van der Waals surface area (Å²) in [7, 11) is 2.16. The molecule has 4 heteroatoms. The van der Waals surface area contributed by atoms with E-state index in [-0.39, 0.29) is 6.10 Å². The standard InChI is InChI=1S/C22H23N3O/c1-16-6-3-4-8-21(16)26-22-11-13-25(2)15-18-14-17(9-10-19(18)22)20-7-5-12-23-24-20/h3-10,12,14,22H,11,13,15H2,1-2H3. The SMILES string of the molecule is Cc1ccccc1OC1CCN(C)Cc2cc(-c3cccnn3)ccc21. The number of aryl methyl sites for hydroxylation is 1. The highest BCUT2D eigenvalue weighted by atomic mass is 16.5. The number of benzene rings is 2. The molecule has 4 rings (SSSR count). The molecule has 0 saturated carbocycles. The van der Waals surface area contributed by atoms with Gasteiger partial charge in [0.05, 0.1) is 5.69 Å². The molecule has 1 aliphatic heterocycles. The largest absolute Gasteiger partial charge is 0.485 e. The minimum atomic E-state index is 0.0620. The highest BCUT2D eigenvalue weighted by molar-refractivity contribution is 5.60. The van der Waals surface area contributed by atoms with Gasteiger partial charge in [-0.15, -0.1) is 0 Å². The zero-order chi connectivity index (χ0) is 17.9. The number of fused-ring (bicyclic) bond motifs is 1. The zero-order valence-corrected chi connectivity index (χ0v) is 15.2. The van der Waals surface area contributed by atoms with Crippen LogP contribution in [0.2, 0.25) is 0 Å². The van der Waals surface area contributed by atoms with E-state index in [1.54, 1.807) is 6.20 Å². The maximum Gasteiger partial charge on any atom is 0.125 e. The highest BCUT2D eigenvalue weighted by Crippen LogP contribution is 2.34. The second-order valence-electron chi connectivity index (χ2n) is 6.92. The summed E-state index contributed by atoms with van der Waals surface area (Å²) in [6.45, 7) is 4.01. The quantitative estimate of drug-likeness (QED) is 0.705. The van der Waals surface area contributed by atoms with Crippen LogP contribution >= 0.6 is 0 Å². The molecule has 0 radical (unpaired) electrons. The molecule has 1 atom stereocenters. The Morgan fingerprint density at radius 3 is 2.77 bits per heavy atom. The van der Waals surface area contributed by atoms with E-state index in [0.717, 1.165) is 36.5 Å². The Morgan fingerprint density at radius 2 is 1.96 bits per heavy atom. The van der Waals surface area contributed by atoms with E-state index in [4.69, 9.17) is 4.74 Å². The number of nitrogens with zero attached hydrogens (tertiary/aromatic N) is 3. The van der Waals surface area contributed by atoms with Crippen LogP contribution in [0.4, 0.5) is 0 Å². The van der Waals surface area contributed by atoms with Crippen molar-refractivity contribution in [1.82, 2.24) is 15.1 Å². The van der Waals surface area contributed by atoms with Gasteiger partial charge in [0.15, 0.2) is 0 Å². The lowest BCUT2D eigenvalue weighted by Crippen LogP contribution is -2.18. The molecule has 3 aromatic rings. The second-order valence-corrected chi connectivity index (χ2v) is 6.92. The van der Waals surface area contributed by atoms with Crippen LogP contribution in [0, 0.1) is 6.92 Å². The minimum absolute atomic E-state index is 0.0620. The van der Waals surface area contributed by atoms with Crippen LogP contribution in [0.5, 0.6) is 5.75 Å². The molecule has 0 bridgehead atoms. The maximum absolute atomic E-state index is 6.43. The van der Waals surface area contributed by atoms with E-state index in [0.29, 0.717) is 0 Å². The smallest absolute Gasteiger partial charge is 0.125 e. The van der Waals surface area contributed by atoms with Crippen LogP contribution in [-0.4, -0.2) is 28.7 Å². The van der Waals surface area contributed by atoms with Crippen molar-refractivity contribution in [3.63, 3.8) is 0 Å². The third kappa shape index (κ3) is 3.46. The molecular formula is C22H23N3O. The zero-order valence-electron chi connectivity index (χ0n) is 15.2. The topological polar surface area (TPSA) is 38.2 Å². The van der Waals surface area contributed by atoms with E-state index < -0.39 is 0 Å². The lowest BCUT2D eigenvalue weighted by molar-refractivity contribution is 0.181. The van der Waals surface area contributed by atoms with Gasteiger partial charge >= 0.3 is 0 Å². The first-order chi connectivity index (χ1) is 12.7. The average molecular weight is 345 g/mol. The van der Waals surface area contributed by atoms with Gasteiger partial charge in [-0.3, -0.25) is 0 Å². The average Bonchev–Trinajstić information content (AvgIpc) is 2.82. The Bertz CT molecular complexity index is 895. The van der Waals surface area contributed by atoms with E-state index in [9.17, 15) is 0 Å². The molecule has 2 heterocycles.